The van der Waals surface area contributed by atoms with Crippen LogP contribution in [0.25, 0.3) is 0 Å². The fourth-order valence-corrected chi connectivity index (χ4v) is 3.58. The molecule has 7 heteroatoms. The van der Waals surface area contributed by atoms with Crippen molar-refractivity contribution in [3.8, 4) is 0 Å². The van der Waals surface area contributed by atoms with E-state index in [0.29, 0.717) is 30.2 Å². The molecule has 114 valence electrons. The third kappa shape index (κ3) is 3.02. The van der Waals surface area contributed by atoms with E-state index in [1.807, 2.05) is 6.92 Å². The van der Waals surface area contributed by atoms with Crippen LogP contribution in [0, 0.1) is 6.92 Å². The van der Waals surface area contributed by atoms with Crippen LogP contribution in [0.2, 0.25) is 0 Å². The lowest BCUT2D eigenvalue weighted by Crippen LogP contribution is -2.32. The maximum absolute atomic E-state index is 12.8. The van der Waals surface area contributed by atoms with Gasteiger partial charge >= 0.3 is 0 Å². The van der Waals surface area contributed by atoms with Crippen molar-refractivity contribution in [1.82, 2.24) is 9.55 Å². The predicted molar refractivity (Wildman–Crippen MR) is 83.6 cm³/mol. The molecular formula is C14H20N4O2S. The molecule has 0 amide bonds. The fraction of sp³-hybridized carbons (Fsp3) is 0.357. The second-order valence-corrected chi connectivity index (χ2v) is 6.72. The summed E-state index contributed by atoms with van der Waals surface area (Å²) in [6, 6.07) is 6.80. The Morgan fingerprint density at radius 1 is 1.29 bits per heavy atom. The van der Waals surface area contributed by atoms with E-state index in [2.05, 4.69) is 4.98 Å². The molecule has 0 aliphatic carbocycles. The van der Waals surface area contributed by atoms with Crippen LogP contribution in [0.4, 0.5) is 11.4 Å². The molecule has 1 heterocycles. The van der Waals surface area contributed by atoms with Crippen molar-refractivity contribution in [1.29, 1.82) is 0 Å². The van der Waals surface area contributed by atoms with E-state index >= 15 is 0 Å². The first-order valence-electron chi connectivity index (χ1n) is 6.74. The summed E-state index contributed by atoms with van der Waals surface area (Å²) in [7, 11) is -1.90. The Morgan fingerprint density at radius 2 is 1.90 bits per heavy atom. The molecule has 0 bridgehead atoms. The standard InChI is InChI=1S/C14H20N4O2S/c1-4-9-18(13-7-5-12(15)6-8-13)21(19,20)14-10-17(3)11(2)16-14/h5-8,10H,4,9,15H2,1-3H3. The molecular weight excluding hydrogens is 288 g/mol. The van der Waals surface area contributed by atoms with Gasteiger partial charge in [0, 0.05) is 25.5 Å². The summed E-state index contributed by atoms with van der Waals surface area (Å²) in [5.74, 6) is 0.655. The van der Waals surface area contributed by atoms with Gasteiger partial charge < -0.3 is 10.3 Å². The third-order valence-electron chi connectivity index (χ3n) is 3.25. The molecule has 0 atom stereocenters. The summed E-state index contributed by atoms with van der Waals surface area (Å²) in [6.45, 7) is 4.10. The van der Waals surface area contributed by atoms with Crippen LogP contribution in [-0.4, -0.2) is 24.5 Å². The quantitative estimate of drug-likeness (QED) is 0.856. The maximum Gasteiger partial charge on any atom is 0.283 e. The Balaban J connectivity index is 2.48. The second kappa shape index (κ2) is 5.77. The van der Waals surface area contributed by atoms with Gasteiger partial charge in [0.15, 0.2) is 5.03 Å². The third-order valence-corrected chi connectivity index (χ3v) is 4.95. The first-order valence-corrected chi connectivity index (χ1v) is 8.18. The number of nitrogens with zero attached hydrogens (tertiary/aromatic N) is 3. The number of hydrogen-bond acceptors (Lipinski definition) is 4. The van der Waals surface area contributed by atoms with E-state index < -0.39 is 10.0 Å². The summed E-state index contributed by atoms with van der Waals surface area (Å²) < 4.78 is 28.6. The van der Waals surface area contributed by atoms with E-state index in [1.54, 1.807) is 42.8 Å². The van der Waals surface area contributed by atoms with Gasteiger partial charge in [-0.05, 0) is 37.6 Å². The number of rotatable bonds is 5. The zero-order chi connectivity index (χ0) is 15.6. The first-order chi connectivity index (χ1) is 9.86. The molecule has 1 aromatic heterocycles. The molecule has 6 nitrogen and oxygen atoms in total. The number of nitrogen functional groups attached to an aromatic ring is 1. The smallest absolute Gasteiger partial charge is 0.283 e. The predicted octanol–water partition coefficient (Wildman–Crippen LogP) is 1.92. The fourth-order valence-electron chi connectivity index (χ4n) is 2.00. The van der Waals surface area contributed by atoms with Crippen molar-refractivity contribution in [3.05, 3.63) is 36.3 Å². The van der Waals surface area contributed by atoms with Crippen LogP contribution in [0.3, 0.4) is 0 Å². The molecule has 2 N–H and O–H groups in total. The molecule has 21 heavy (non-hydrogen) atoms. The largest absolute Gasteiger partial charge is 0.399 e. The lowest BCUT2D eigenvalue weighted by molar-refractivity contribution is 0.586. The van der Waals surface area contributed by atoms with Crippen LogP contribution in [-0.2, 0) is 17.1 Å². The average Bonchev–Trinajstić information content (AvgIpc) is 2.78. The minimum atomic E-state index is -3.67. The first kappa shape index (κ1) is 15.4. The summed E-state index contributed by atoms with van der Waals surface area (Å²) in [5.41, 5.74) is 6.85. The molecule has 0 fully saturated rings. The minimum absolute atomic E-state index is 0.0628. The Kier molecular flexibility index (Phi) is 4.22. The monoisotopic (exact) mass is 308 g/mol. The highest BCUT2D eigenvalue weighted by Gasteiger charge is 2.27. The number of sulfonamides is 1. The number of imidazole rings is 1. The van der Waals surface area contributed by atoms with Crippen molar-refractivity contribution in [2.24, 2.45) is 7.05 Å². The second-order valence-electron chi connectivity index (χ2n) is 4.91. The van der Waals surface area contributed by atoms with Gasteiger partial charge in [-0.25, -0.2) is 4.98 Å². The van der Waals surface area contributed by atoms with Crippen molar-refractivity contribution < 1.29 is 8.42 Å². The number of aryl methyl sites for hydroxylation is 2. The van der Waals surface area contributed by atoms with Crippen molar-refractivity contribution >= 4 is 21.4 Å². The molecule has 0 aliphatic rings. The van der Waals surface area contributed by atoms with Gasteiger partial charge in [-0.15, -0.1) is 0 Å². The van der Waals surface area contributed by atoms with Gasteiger partial charge in [-0.1, -0.05) is 6.92 Å². The van der Waals surface area contributed by atoms with Gasteiger partial charge in [0.05, 0.1) is 5.69 Å². The molecule has 2 aromatic rings. The summed E-state index contributed by atoms with van der Waals surface area (Å²) in [4.78, 5) is 4.14. The van der Waals surface area contributed by atoms with Crippen LogP contribution in [0.1, 0.15) is 19.2 Å². The van der Waals surface area contributed by atoms with Gasteiger partial charge in [-0.2, -0.15) is 8.42 Å². The number of nitrogens with two attached hydrogens (primary N) is 1. The maximum atomic E-state index is 12.8. The van der Waals surface area contributed by atoms with Crippen LogP contribution in [0.15, 0.2) is 35.5 Å². The molecule has 0 spiro atoms. The molecule has 0 unspecified atom stereocenters. The average molecular weight is 308 g/mol. The van der Waals surface area contributed by atoms with Gasteiger partial charge in [0.1, 0.15) is 5.82 Å². The van der Waals surface area contributed by atoms with Gasteiger partial charge in [0.2, 0.25) is 0 Å². The van der Waals surface area contributed by atoms with E-state index in [-0.39, 0.29) is 5.03 Å². The molecule has 2 rings (SSSR count). The van der Waals surface area contributed by atoms with Crippen LogP contribution in [0.5, 0.6) is 0 Å². The van der Waals surface area contributed by atoms with Crippen molar-refractivity contribution in [3.63, 3.8) is 0 Å². The normalized spacial score (nSPS) is 11.6. The molecule has 1 aromatic carbocycles. The molecule has 0 saturated carbocycles. The number of aromatic nitrogens is 2. The zero-order valence-electron chi connectivity index (χ0n) is 12.4. The Bertz CT molecular complexity index is 700. The highest BCUT2D eigenvalue weighted by Crippen LogP contribution is 2.24. The Hall–Kier alpha value is -2.02. The van der Waals surface area contributed by atoms with Crippen molar-refractivity contribution in [2.75, 3.05) is 16.6 Å². The molecule has 0 saturated heterocycles. The highest BCUT2D eigenvalue weighted by molar-refractivity contribution is 7.92. The SMILES string of the molecule is CCCN(c1ccc(N)cc1)S(=O)(=O)c1cn(C)c(C)n1. The molecule has 0 aliphatic heterocycles. The van der Waals surface area contributed by atoms with Crippen LogP contribution >= 0.6 is 0 Å². The number of benzene rings is 1. The Labute approximate surface area is 125 Å². The number of hydrogen-bond donors (Lipinski definition) is 1. The van der Waals surface area contributed by atoms with Crippen LogP contribution < -0.4 is 10.0 Å². The number of anilines is 2. The lowest BCUT2D eigenvalue weighted by Gasteiger charge is -2.22. The zero-order valence-corrected chi connectivity index (χ0v) is 13.3. The van der Waals surface area contributed by atoms with E-state index in [0.717, 1.165) is 0 Å². The lowest BCUT2D eigenvalue weighted by atomic mass is 10.3. The Morgan fingerprint density at radius 3 is 2.38 bits per heavy atom. The van der Waals surface area contributed by atoms with Crippen molar-refractivity contribution in [2.45, 2.75) is 25.3 Å². The topological polar surface area (TPSA) is 81.2 Å². The van der Waals surface area contributed by atoms with E-state index in [4.69, 9.17) is 5.73 Å². The summed E-state index contributed by atoms with van der Waals surface area (Å²) in [6.07, 6.45) is 2.24. The highest BCUT2D eigenvalue weighted by atomic mass is 32.2. The summed E-state index contributed by atoms with van der Waals surface area (Å²) in [5, 5.41) is 0.0628. The van der Waals surface area contributed by atoms with Gasteiger partial charge in [-0.3, -0.25) is 4.31 Å². The molecule has 0 radical (unpaired) electrons. The minimum Gasteiger partial charge on any atom is -0.399 e. The van der Waals surface area contributed by atoms with E-state index in [1.165, 1.54) is 10.5 Å². The summed E-state index contributed by atoms with van der Waals surface area (Å²) >= 11 is 0. The van der Waals surface area contributed by atoms with E-state index in [9.17, 15) is 8.42 Å². The van der Waals surface area contributed by atoms with Gasteiger partial charge in [0.25, 0.3) is 10.0 Å².